The van der Waals surface area contributed by atoms with Gasteiger partial charge in [-0.25, -0.2) is 4.79 Å². The maximum absolute atomic E-state index is 12.6. The largest absolute Gasteiger partial charge is 0.339 e. The number of rotatable bonds is 3. The average Bonchev–Trinajstić information content (AvgIpc) is 3.21. The van der Waals surface area contributed by atoms with Crippen LogP contribution >= 0.6 is 0 Å². The number of amides is 2. The van der Waals surface area contributed by atoms with E-state index in [4.69, 9.17) is 4.52 Å². The Kier molecular flexibility index (Phi) is 4.87. The van der Waals surface area contributed by atoms with Crippen molar-refractivity contribution >= 4 is 11.7 Å². The van der Waals surface area contributed by atoms with Crippen LogP contribution in [0.15, 0.2) is 59.1 Å². The Morgan fingerprint density at radius 1 is 1.15 bits per heavy atom. The second-order valence-electron chi connectivity index (χ2n) is 6.90. The molecule has 1 fully saturated rings. The number of benzene rings is 2. The quantitative estimate of drug-likeness (QED) is 0.747. The smallest absolute Gasteiger partial charge is 0.321 e. The highest BCUT2D eigenvalue weighted by molar-refractivity contribution is 5.89. The van der Waals surface area contributed by atoms with Crippen molar-refractivity contribution in [3.8, 4) is 11.4 Å². The molecule has 4 rings (SSSR count). The minimum Gasteiger partial charge on any atom is -0.339 e. The Morgan fingerprint density at radius 2 is 1.93 bits per heavy atom. The van der Waals surface area contributed by atoms with Crippen molar-refractivity contribution in [2.45, 2.75) is 25.7 Å². The van der Waals surface area contributed by atoms with Crippen LogP contribution in [0.5, 0.6) is 0 Å². The van der Waals surface area contributed by atoms with E-state index in [-0.39, 0.29) is 11.9 Å². The van der Waals surface area contributed by atoms with Gasteiger partial charge in [0, 0.05) is 24.3 Å². The van der Waals surface area contributed by atoms with E-state index in [1.54, 1.807) is 0 Å². The molecule has 1 aromatic heterocycles. The van der Waals surface area contributed by atoms with E-state index in [1.807, 2.05) is 66.4 Å². The first-order chi connectivity index (χ1) is 13.2. The highest BCUT2D eigenvalue weighted by Gasteiger charge is 2.28. The van der Waals surface area contributed by atoms with E-state index in [9.17, 15) is 4.79 Å². The van der Waals surface area contributed by atoms with Gasteiger partial charge in [-0.1, -0.05) is 53.2 Å². The molecule has 3 aromatic rings. The first kappa shape index (κ1) is 17.3. The molecule has 6 heteroatoms. The lowest BCUT2D eigenvalue weighted by molar-refractivity contribution is 0.184. The SMILES string of the molecule is Cc1ccc(NC(=O)N2CCC[C@@H](c3nc(-c4ccccc4)no3)C2)cc1. The minimum atomic E-state index is -0.0913. The van der Waals surface area contributed by atoms with E-state index in [2.05, 4.69) is 15.5 Å². The van der Waals surface area contributed by atoms with Gasteiger partial charge in [0.25, 0.3) is 0 Å². The lowest BCUT2D eigenvalue weighted by Gasteiger charge is -2.31. The van der Waals surface area contributed by atoms with Crippen molar-refractivity contribution in [1.82, 2.24) is 15.0 Å². The normalized spacial score (nSPS) is 16.9. The molecule has 2 amide bonds. The summed E-state index contributed by atoms with van der Waals surface area (Å²) in [5.41, 5.74) is 2.89. The molecule has 0 saturated carbocycles. The van der Waals surface area contributed by atoms with E-state index >= 15 is 0 Å². The Bertz CT molecular complexity index is 905. The molecule has 27 heavy (non-hydrogen) atoms. The molecule has 0 aliphatic carbocycles. The summed E-state index contributed by atoms with van der Waals surface area (Å²) in [7, 11) is 0. The summed E-state index contributed by atoms with van der Waals surface area (Å²) < 4.78 is 5.50. The summed E-state index contributed by atoms with van der Waals surface area (Å²) in [5.74, 6) is 1.25. The van der Waals surface area contributed by atoms with Crippen molar-refractivity contribution in [2.75, 3.05) is 18.4 Å². The number of anilines is 1. The molecule has 1 aliphatic rings. The molecule has 1 saturated heterocycles. The highest BCUT2D eigenvalue weighted by Crippen LogP contribution is 2.28. The van der Waals surface area contributed by atoms with Gasteiger partial charge in [-0.2, -0.15) is 4.98 Å². The van der Waals surface area contributed by atoms with Crippen LogP contribution in [0.25, 0.3) is 11.4 Å². The second-order valence-corrected chi connectivity index (χ2v) is 6.90. The van der Waals surface area contributed by atoms with Crippen molar-refractivity contribution in [1.29, 1.82) is 0 Å². The van der Waals surface area contributed by atoms with Crippen LogP contribution in [0.2, 0.25) is 0 Å². The van der Waals surface area contributed by atoms with Crippen molar-refractivity contribution < 1.29 is 9.32 Å². The van der Waals surface area contributed by atoms with E-state index in [0.29, 0.717) is 18.3 Å². The number of aromatic nitrogens is 2. The summed E-state index contributed by atoms with van der Waals surface area (Å²) >= 11 is 0. The number of carbonyl (C=O) groups excluding carboxylic acids is 1. The van der Waals surface area contributed by atoms with Gasteiger partial charge in [0.1, 0.15) is 0 Å². The molecule has 0 bridgehead atoms. The number of nitrogens with zero attached hydrogens (tertiary/aromatic N) is 3. The number of carbonyl (C=O) groups is 1. The third-order valence-corrected chi connectivity index (χ3v) is 4.83. The second kappa shape index (κ2) is 7.61. The summed E-state index contributed by atoms with van der Waals surface area (Å²) in [6.07, 6.45) is 1.85. The number of urea groups is 1. The maximum atomic E-state index is 12.6. The molecule has 6 nitrogen and oxygen atoms in total. The molecular weight excluding hydrogens is 340 g/mol. The Morgan fingerprint density at radius 3 is 2.70 bits per heavy atom. The summed E-state index contributed by atoms with van der Waals surface area (Å²) in [6, 6.07) is 17.5. The molecule has 2 aromatic carbocycles. The molecule has 1 aliphatic heterocycles. The average molecular weight is 362 g/mol. The van der Waals surface area contributed by atoms with Gasteiger partial charge >= 0.3 is 6.03 Å². The van der Waals surface area contributed by atoms with E-state index in [0.717, 1.165) is 36.2 Å². The van der Waals surface area contributed by atoms with E-state index in [1.165, 1.54) is 0 Å². The fraction of sp³-hybridized carbons (Fsp3) is 0.286. The minimum absolute atomic E-state index is 0.0625. The van der Waals surface area contributed by atoms with Gasteiger partial charge < -0.3 is 14.7 Å². The Labute approximate surface area is 158 Å². The number of hydrogen-bond acceptors (Lipinski definition) is 4. The standard InChI is InChI=1S/C21H22N4O2/c1-15-9-11-18(12-10-15)22-21(26)25-13-5-8-17(14-25)20-23-19(24-27-20)16-6-3-2-4-7-16/h2-4,6-7,9-12,17H,5,8,13-14H2,1H3,(H,22,26)/t17-/m1/s1. The molecule has 1 N–H and O–H groups in total. The van der Waals surface area contributed by atoms with Gasteiger partial charge in [0.05, 0.1) is 5.92 Å². The summed E-state index contributed by atoms with van der Waals surface area (Å²) in [5, 5.41) is 7.06. The third kappa shape index (κ3) is 4.00. The molecular formula is C21H22N4O2. The molecule has 0 spiro atoms. The van der Waals surface area contributed by atoms with Crippen LogP contribution in [0.4, 0.5) is 10.5 Å². The Balaban J connectivity index is 1.43. The van der Waals surface area contributed by atoms with Crippen LogP contribution in [-0.4, -0.2) is 34.2 Å². The zero-order valence-electron chi connectivity index (χ0n) is 15.3. The Hall–Kier alpha value is -3.15. The van der Waals surface area contributed by atoms with E-state index < -0.39 is 0 Å². The van der Waals surface area contributed by atoms with Crippen LogP contribution in [0.3, 0.4) is 0 Å². The van der Waals surface area contributed by atoms with Crippen molar-refractivity contribution in [3.05, 3.63) is 66.1 Å². The number of likely N-dealkylation sites (tertiary alicyclic amines) is 1. The summed E-state index contributed by atoms with van der Waals surface area (Å²) in [4.78, 5) is 19.0. The zero-order chi connectivity index (χ0) is 18.6. The summed E-state index contributed by atoms with van der Waals surface area (Å²) in [6.45, 7) is 3.33. The van der Waals surface area contributed by atoms with Gasteiger partial charge in [-0.3, -0.25) is 0 Å². The molecule has 0 radical (unpaired) electrons. The number of aryl methyl sites for hydroxylation is 1. The van der Waals surface area contributed by atoms with Crippen LogP contribution < -0.4 is 5.32 Å². The van der Waals surface area contributed by atoms with Gasteiger partial charge in [0.15, 0.2) is 0 Å². The number of nitrogens with one attached hydrogen (secondary N) is 1. The fourth-order valence-corrected chi connectivity index (χ4v) is 3.31. The number of piperidine rings is 1. The lowest BCUT2D eigenvalue weighted by Crippen LogP contribution is -2.41. The zero-order valence-corrected chi connectivity index (χ0v) is 15.3. The van der Waals surface area contributed by atoms with Crippen molar-refractivity contribution in [2.24, 2.45) is 0 Å². The molecule has 1 atom stereocenters. The van der Waals surface area contributed by atoms with Gasteiger partial charge in [-0.15, -0.1) is 0 Å². The first-order valence-corrected chi connectivity index (χ1v) is 9.20. The van der Waals surface area contributed by atoms with Crippen LogP contribution in [0.1, 0.15) is 30.2 Å². The monoisotopic (exact) mass is 362 g/mol. The molecule has 138 valence electrons. The molecule has 0 unspecified atom stereocenters. The first-order valence-electron chi connectivity index (χ1n) is 9.20. The maximum Gasteiger partial charge on any atom is 0.321 e. The fourth-order valence-electron chi connectivity index (χ4n) is 3.31. The van der Waals surface area contributed by atoms with Gasteiger partial charge in [0.2, 0.25) is 11.7 Å². The van der Waals surface area contributed by atoms with Crippen molar-refractivity contribution in [3.63, 3.8) is 0 Å². The number of hydrogen-bond donors (Lipinski definition) is 1. The van der Waals surface area contributed by atoms with Crippen LogP contribution in [-0.2, 0) is 0 Å². The highest BCUT2D eigenvalue weighted by atomic mass is 16.5. The predicted molar refractivity (Wildman–Crippen MR) is 103 cm³/mol. The topological polar surface area (TPSA) is 71.3 Å². The lowest BCUT2D eigenvalue weighted by atomic mass is 9.98. The van der Waals surface area contributed by atoms with Gasteiger partial charge in [-0.05, 0) is 31.9 Å². The predicted octanol–water partition coefficient (Wildman–Crippen LogP) is 4.46. The third-order valence-electron chi connectivity index (χ3n) is 4.83. The molecule has 2 heterocycles. The van der Waals surface area contributed by atoms with Crippen LogP contribution in [0, 0.1) is 6.92 Å².